The molecule has 4 nitrogen and oxygen atoms in total. The first-order valence-electron chi connectivity index (χ1n) is 10.6. The normalized spacial score (nSPS) is 9.69. The third-order valence-electron chi connectivity index (χ3n) is 4.58. The fourth-order valence-electron chi connectivity index (χ4n) is 3.02. The van der Waals surface area contributed by atoms with Crippen LogP contribution in [0.1, 0.15) is 6.92 Å². The number of allylic oxidation sites excluding steroid dienone is 1. The Morgan fingerprint density at radius 1 is 0.469 bits per heavy atom. The molecule has 4 rings (SSSR count). The van der Waals surface area contributed by atoms with Crippen molar-refractivity contribution >= 4 is 39.8 Å². The Kier molecular flexibility index (Phi) is 8.34. The van der Waals surface area contributed by atoms with Crippen LogP contribution >= 0.6 is 0 Å². The Balaban J connectivity index is 0.000000913. The van der Waals surface area contributed by atoms with Crippen LogP contribution in [0.2, 0.25) is 0 Å². The van der Waals surface area contributed by atoms with Gasteiger partial charge in [-0.15, -0.1) is 6.58 Å². The summed E-state index contributed by atoms with van der Waals surface area (Å²) in [5.74, 6) is 0. The lowest BCUT2D eigenvalue weighted by atomic mass is 10.2. The largest absolute Gasteiger partial charge is 0.388 e. The van der Waals surface area contributed by atoms with Crippen LogP contribution in [0.5, 0.6) is 0 Å². The van der Waals surface area contributed by atoms with E-state index in [1.807, 2.05) is 32.2 Å². The highest BCUT2D eigenvalue weighted by molar-refractivity contribution is 5.68. The molecule has 0 amide bonds. The molecular formula is C28H30N4. The number of anilines is 7. The van der Waals surface area contributed by atoms with Crippen molar-refractivity contribution in [2.45, 2.75) is 6.92 Å². The van der Waals surface area contributed by atoms with Gasteiger partial charge >= 0.3 is 0 Å². The predicted octanol–water partition coefficient (Wildman–Crippen LogP) is 8.15. The maximum atomic E-state index is 3.44. The van der Waals surface area contributed by atoms with Gasteiger partial charge in [-0.2, -0.15) is 0 Å². The fraction of sp³-hybridized carbons (Fsp3) is 0.0714. The zero-order chi connectivity index (χ0) is 22.6. The van der Waals surface area contributed by atoms with Crippen LogP contribution < -0.4 is 21.3 Å². The molecule has 4 aromatic carbocycles. The molecule has 4 heteroatoms. The summed E-state index contributed by atoms with van der Waals surface area (Å²) < 4.78 is 0. The lowest BCUT2D eigenvalue weighted by molar-refractivity contribution is 1.48. The van der Waals surface area contributed by atoms with Gasteiger partial charge in [0.25, 0.3) is 0 Å². The molecule has 0 saturated heterocycles. The number of nitrogens with one attached hydrogen (secondary N) is 4. The Morgan fingerprint density at radius 2 is 0.719 bits per heavy atom. The average molecular weight is 423 g/mol. The van der Waals surface area contributed by atoms with Crippen LogP contribution in [0.25, 0.3) is 0 Å². The van der Waals surface area contributed by atoms with Crippen molar-refractivity contribution in [3.8, 4) is 0 Å². The van der Waals surface area contributed by atoms with E-state index in [4.69, 9.17) is 0 Å². The van der Waals surface area contributed by atoms with Crippen LogP contribution in [-0.4, -0.2) is 7.05 Å². The third-order valence-corrected chi connectivity index (χ3v) is 4.58. The van der Waals surface area contributed by atoms with Crippen LogP contribution in [-0.2, 0) is 0 Å². The average Bonchev–Trinajstić information content (AvgIpc) is 2.83. The number of rotatable bonds is 7. The summed E-state index contributed by atoms with van der Waals surface area (Å²) in [6, 6.07) is 34.9. The summed E-state index contributed by atoms with van der Waals surface area (Å²) in [7, 11) is 1.92. The van der Waals surface area contributed by atoms with Crippen molar-refractivity contribution < 1.29 is 0 Å². The van der Waals surface area contributed by atoms with Crippen molar-refractivity contribution in [3.05, 3.63) is 116 Å². The maximum Gasteiger partial charge on any atom is 0.0385 e. The van der Waals surface area contributed by atoms with Crippen LogP contribution in [0, 0.1) is 0 Å². The van der Waals surface area contributed by atoms with Crippen molar-refractivity contribution in [2.75, 3.05) is 28.3 Å². The van der Waals surface area contributed by atoms with Crippen molar-refractivity contribution in [1.29, 1.82) is 0 Å². The first kappa shape index (κ1) is 22.5. The molecule has 0 spiro atoms. The van der Waals surface area contributed by atoms with E-state index in [1.54, 1.807) is 6.08 Å². The molecule has 0 aliphatic carbocycles. The Bertz CT molecular complexity index is 1070. The Hall–Kier alpha value is -4.18. The van der Waals surface area contributed by atoms with Gasteiger partial charge in [0.05, 0.1) is 0 Å². The molecular weight excluding hydrogens is 392 g/mol. The summed E-state index contributed by atoms with van der Waals surface area (Å²) >= 11 is 0. The topological polar surface area (TPSA) is 48.1 Å². The summed E-state index contributed by atoms with van der Waals surface area (Å²) in [4.78, 5) is 0. The van der Waals surface area contributed by atoms with E-state index in [1.165, 1.54) is 0 Å². The van der Waals surface area contributed by atoms with Gasteiger partial charge in [-0.3, -0.25) is 0 Å². The monoisotopic (exact) mass is 422 g/mol. The molecule has 32 heavy (non-hydrogen) atoms. The molecule has 4 aromatic rings. The molecule has 0 atom stereocenters. The Morgan fingerprint density at radius 3 is 1.00 bits per heavy atom. The van der Waals surface area contributed by atoms with Gasteiger partial charge in [-0.25, -0.2) is 0 Å². The first-order chi connectivity index (χ1) is 15.7. The van der Waals surface area contributed by atoms with Gasteiger partial charge in [-0.1, -0.05) is 24.3 Å². The standard InChI is InChI=1S/C25H24N4.C3H6/c1-26-19-7-9-21(10-8-19)28-23-15-17-25(18-16-23)29-24-13-11-22(12-14-24)27-20-5-3-2-4-6-20;1-3-2/h2-18,26-29H,1H3;3H,1H2,2H3. The molecule has 0 aromatic heterocycles. The molecule has 0 saturated carbocycles. The van der Waals surface area contributed by atoms with E-state index in [0.29, 0.717) is 0 Å². The molecule has 162 valence electrons. The van der Waals surface area contributed by atoms with Gasteiger partial charge in [0, 0.05) is 46.9 Å². The molecule has 0 bridgehead atoms. The van der Waals surface area contributed by atoms with Gasteiger partial charge < -0.3 is 21.3 Å². The zero-order valence-electron chi connectivity index (χ0n) is 18.6. The highest BCUT2D eigenvalue weighted by Crippen LogP contribution is 2.24. The van der Waals surface area contributed by atoms with Crippen molar-refractivity contribution in [1.82, 2.24) is 0 Å². The lowest BCUT2D eigenvalue weighted by Gasteiger charge is -2.11. The highest BCUT2D eigenvalue weighted by atomic mass is 14.9. The van der Waals surface area contributed by atoms with Crippen LogP contribution in [0.4, 0.5) is 39.8 Å². The van der Waals surface area contributed by atoms with E-state index < -0.39 is 0 Å². The smallest absolute Gasteiger partial charge is 0.0385 e. The minimum atomic E-state index is 1.05. The van der Waals surface area contributed by atoms with Crippen LogP contribution in [0.3, 0.4) is 0 Å². The summed E-state index contributed by atoms with van der Waals surface area (Å²) in [5, 5.41) is 13.4. The second kappa shape index (κ2) is 11.9. The van der Waals surface area contributed by atoms with Crippen LogP contribution in [0.15, 0.2) is 116 Å². The maximum absolute atomic E-state index is 3.44. The zero-order valence-corrected chi connectivity index (χ0v) is 18.6. The van der Waals surface area contributed by atoms with Gasteiger partial charge in [-0.05, 0) is 91.9 Å². The minimum absolute atomic E-state index is 1.05. The predicted molar refractivity (Wildman–Crippen MR) is 141 cm³/mol. The molecule has 4 N–H and O–H groups in total. The summed E-state index contributed by atoms with van der Waals surface area (Å²) in [6.07, 6.45) is 1.75. The molecule has 0 heterocycles. The number of benzene rings is 4. The molecule has 0 aliphatic heterocycles. The molecule has 0 radical (unpaired) electrons. The van der Waals surface area contributed by atoms with E-state index in [9.17, 15) is 0 Å². The van der Waals surface area contributed by atoms with E-state index in [0.717, 1.165) is 39.8 Å². The molecule has 0 aliphatic rings. The quantitative estimate of drug-likeness (QED) is 0.227. The second-order valence-corrected chi connectivity index (χ2v) is 7.13. The molecule has 0 unspecified atom stereocenters. The number of hydrogen-bond acceptors (Lipinski definition) is 4. The van der Waals surface area contributed by atoms with Gasteiger partial charge in [0.15, 0.2) is 0 Å². The fourth-order valence-corrected chi connectivity index (χ4v) is 3.02. The van der Waals surface area contributed by atoms with E-state index >= 15 is 0 Å². The number of hydrogen-bond donors (Lipinski definition) is 4. The second-order valence-electron chi connectivity index (χ2n) is 7.13. The minimum Gasteiger partial charge on any atom is -0.388 e. The van der Waals surface area contributed by atoms with Gasteiger partial charge in [0.1, 0.15) is 0 Å². The van der Waals surface area contributed by atoms with E-state index in [2.05, 4.69) is 113 Å². The summed E-state index contributed by atoms with van der Waals surface area (Å²) in [5.41, 5.74) is 7.45. The molecule has 0 fully saturated rings. The highest BCUT2D eigenvalue weighted by Gasteiger charge is 1.99. The first-order valence-corrected chi connectivity index (χ1v) is 10.6. The van der Waals surface area contributed by atoms with E-state index in [-0.39, 0.29) is 0 Å². The third kappa shape index (κ3) is 6.96. The van der Waals surface area contributed by atoms with Crippen molar-refractivity contribution in [2.24, 2.45) is 0 Å². The summed E-state index contributed by atoms with van der Waals surface area (Å²) in [6.45, 7) is 5.25. The SMILES string of the molecule is C=CC.CNc1ccc(Nc2ccc(Nc3ccc(Nc4ccccc4)cc3)cc2)cc1. The lowest BCUT2D eigenvalue weighted by Crippen LogP contribution is -1.94. The Labute approximate surface area is 191 Å². The van der Waals surface area contributed by atoms with Crippen molar-refractivity contribution in [3.63, 3.8) is 0 Å². The van der Waals surface area contributed by atoms with Gasteiger partial charge in [0.2, 0.25) is 0 Å². The number of para-hydroxylation sites is 1.